The van der Waals surface area contributed by atoms with E-state index in [1.54, 1.807) is 0 Å². The predicted octanol–water partition coefficient (Wildman–Crippen LogP) is 4.26. The van der Waals surface area contributed by atoms with Gasteiger partial charge in [0.05, 0.1) is 6.10 Å². The third-order valence-corrected chi connectivity index (χ3v) is 9.76. The zero-order valence-corrected chi connectivity index (χ0v) is 17.9. The van der Waals surface area contributed by atoms with Crippen molar-refractivity contribution in [2.75, 3.05) is 0 Å². The number of benzene rings is 1. The Morgan fingerprint density at radius 3 is 2.19 bits per heavy atom. The fourth-order valence-corrected chi connectivity index (χ4v) is 4.11. The number of rotatable bonds is 5. The lowest BCUT2D eigenvalue weighted by Crippen LogP contribution is -2.47. The molecule has 0 aromatic heterocycles. The Kier molecular flexibility index (Phi) is 6.06. The van der Waals surface area contributed by atoms with Gasteiger partial charge in [0.1, 0.15) is 18.3 Å². The second-order valence-electron chi connectivity index (χ2n) is 8.89. The van der Waals surface area contributed by atoms with E-state index in [0.29, 0.717) is 0 Å². The normalized spacial score (nSPS) is 25.5. The molecule has 1 aromatic rings. The van der Waals surface area contributed by atoms with Gasteiger partial charge in [0, 0.05) is 0 Å². The lowest BCUT2D eigenvalue weighted by molar-refractivity contribution is -0.158. The molecule has 1 aliphatic rings. The van der Waals surface area contributed by atoms with Crippen molar-refractivity contribution in [3.63, 3.8) is 0 Å². The van der Waals surface area contributed by atoms with Crippen LogP contribution in [0.4, 0.5) is 0 Å². The Hall–Kier alpha value is -1.16. The first kappa shape index (κ1) is 21.1. The van der Waals surface area contributed by atoms with Gasteiger partial charge in [-0.25, -0.2) is 0 Å². The molecule has 26 heavy (non-hydrogen) atoms. The van der Waals surface area contributed by atoms with Gasteiger partial charge < -0.3 is 19.0 Å². The molecule has 1 heterocycles. The average molecular weight is 377 g/mol. The maximum Gasteiger partial charge on any atom is 0.193 e. The SMILES string of the molecule is C#C[C@H](O)[C@H]1OC(C)(C)O[C@@H]1[C@H](O[Si](C)(C)C(C)(C)C)c1ccccc1. The van der Waals surface area contributed by atoms with E-state index < -0.39 is 32.4 Å². The number of hydrogen-bond donors (Lipinski definition) is 1. The highest BCUT2D eigenvalue weighted by Crippen LogP contribution is 2.44. The Bertz CT molecular complexity index is 642. The van der Waals surface area contributed by atoms with Gasteiger partial charge in [0.2, 0.25) is 0 Å². The molecule has 1 N–H and O–H groups in total. The van der Waals surface area contributed by atoms with Crippen LogP contribution in [0.2, 0.25) is 18.1 Å². The van der Waals surface area contributed by atoms with Crippen LogP contribution < -0.4 is 0 Å². The largest absolute Gasteiger partial charge is 0.407 e. The average Bonchev–Trinajstić information content (AvgIpc) is 2.87. The minimum atomic E-state index is -2.11. The fourth-order valence-electron chi connectivity index (χ4n) is 2.85. The molecule has 144 valence electrons. The third kappa shape index (κ3) is 4.57. The minimum Gasteiger partial charge on any atom is -0.407 e. The molecule has 0 bridgehead atoms. The minimum absolute atomic E-state index is 0.0369. The van der Waals surface area contributed by atoms with Crippen LogP contribution in [-0.4, -0.2) is 37.5 Å². The molecule has 0 unspecified atom stereocenters. The maximum absolute atomic E-state index is 10.3. The fraction of sp³-hybridized carbons (Fsp3) is 0.619. The Morgan fingerprint density at radius 2 is 1.69 bits per heavy atom. The molecular weight excluding hydrogens is 344 g/mol. The van der Waals surface area contributed by atoms with Crippen molar-refractivity contribution in [1.82, 2.24) is 0 Å². The number of aliphatic hydroxyl groups excluding tert-OH is 1. The van der Waals surface area contributed by atoms with Crippen LogP contribution in [0.15, 0.2) is 30.3 Å². The molecule has 0 amide bonds. The van der Waals surface area contributed by atoms with Gasteiger partial charge >= 0.3 is 0 Å². The van der Waals surface area contributed by atoms with Crippen molar-refractivity contribution < 1.29 is 19.0 Å². The lowest BCUT2D eigenvalue weighted by atomic mass is 9.98. The summed E-state index contributed by atoms with van der Waals surface area (Å²) in [6, 6.07) is 9.96. The van der Waals surface area contributed by atoms with E-state index in [9.17, 15) is 5.11 Å². The number of ether oxygens (including phenoxy) is 2. The summed E-state index contributed by atoms with van der Waals surface area (Å²) in [5, 5.41) is 10.4. The Balaban J connectivity index is 2.45. The predicted molar refractivity (Wildman–Crippen MR) is 106 cm³/mol. The molecule has 2 rings (SSSR count). The van der Waals surface area contributed by atoms with E-state index in [-0.39, 0.29) is 11.1 Å². The first-order valence-corrected chi connectivity index (χ1v) is 12.0. The summed E-state index contributed by atoms with van der Waals surface area (Å²) < 4.78 is 18.9. The van der Waals surface area contributed by atoms with Crippen LogP contribution >= 0.6 is 0 Å². The first-order chi connectivity index (χ1) is 11.9. The quantitative estimate of drug-likeness (QED) is 0.616. The summed E-state index contributed by atoms with van der Waals surface area (Å²) in [7, 11) is -2.11. The van der Waals surface area contributed by atoms with Crippen molar-refractivity contribution in [1.29, 1.82) is 0 Å². The van der Waals surface area contributed by atoms with Gasteiger partial charge in [-0.05, 0) is 37.5 Å². The molecule has 0 radical (unpaired) electrons. The van der Waals surface area contributed by atoms with E-state index in [4.69, 9.17) is 20.3 Å². The number of hydrogen-bond acceptors (Lipinski definition) is 4. The van der Waals surface area contributed by atoms with Crippen LogP contribution in [0.5, 0.6) is 0 Å². The van der Waals surface area contributed by atoms with Crippen LogP contribution in [0.25, 0.3) is 0 Å². The van der Waals surface area contributed by atoms with Gasteiger partial charge in [0.15, 0.2) is 14.1 Å². The van der Waals surface area contributed by atoms with Crippen molar-refractivity contribution >= 4 is 8.32 Å². The zero-order valence-electron chi connectivity index (χ0n) is 16.9. The second kappa shape index (κ2) is 7.45. The van der Waals surface area contributed by atoms with Crippen molar-refractivity contribution in [3.8, 4) is 12.3 Å². The zero-order chi connectivity index (χ0) is 19.8. The van der Waals surface area contributed by atoms with Gasteiger partial charge in [-0.15, -0.1) is 6.42 Å². The van der Waals surface area contributed by atoms with Gasteiger partial charge in [-0.3, -0.25) is 0 Å². The van der Waals surface area contributed by atoms with E-state index in [2.05, 4.69) is 39.8 Å². The molecular formula is C21H32O4Si. The van der Waals surface area contributed by atoms with E-state index in [1.165, 1.54) is 0 Å². The van der Waals surface area contributed by atoms with Crippen molar-refractivity contribution in [2.45, 2.75) is 83.0 Å². The monoisotopic (exact) mass is 376 g/mol. The summed E-state index contributed by atoms with van der Waals surface area (Å²) in [4.78, 5) is 0. The smallest absolute Gasteiger partial charge is 0.193 e. The molecule has 1 aliphatic heterocycles. The number of aliphatic hydroxyl groups is 1. The van der Waals surface area contributed by atoms with Gasteiger partial charge in [-0.1, -0.05) is 57.0 Å². The molecule has 4 nitrogen and oxygen atoms in total. The molecule has 5 heteroatoms. The van der Waals surface area contributed by atoms with Gasteiger partial charge in [0.25, 0.3) is 0 Å². The molecule has 4 atom stereocenters. The molecule has 1 saturated heterocycles. The molecule has 0 spiro atoms. The molecule has 0 saturated carbocycles. The first-order valence-electron chi connectivity index (χ1n) is 9.10. The molecule has 1 aromatic carbocycles. The summed E-state index contributed by atoms with van der Waals surface area (Å²) in [6.45, 7) is 14.7. The molecule has 1 fully saturated rings. The van der Waals surface area contributed by atoms with Crippen molar-refractivity contribution in [2.24, 2.45) is 0 Å². The topological polar surface area (TPSA) is 47.9 Å². The Morgan fingerprint density at radius 1 is 1.15 bits per heavy atom. The van der Waals surface area contributed by atoms with Crippen molar-refractivity contribution in [3.05, 3.63) is 35.9 Å². The van der Waals surface area contributed by atoms with Crippen LogP contribution in [-0.2, 0) is 13.9 Å². The maximum atomic E-state index is 10.3. The van der Waals surface area contributed by atoms with E-state index in [0.717, 1.165) is 5.56 Å². The lowest BCUT2D eigenvalue weighted by Gasteiger charge is -2.41. The Labute approximate surface area is 159 Å². The third-order valence-electron chi connectivity index (χ3n) is 5.30. The van der Waals surface area contributed by atoms with E-state index >= 15 is 0 Å². The summed E-state index contributed by atoms with van der Waals surface area (Å²) in [5.41, 5.74) is 0.998. The standard InChI is InChI=1S/C21H32O4Si/c1-9-16(22)18-19(24-21(5,6)23-18)17(15-13-11-10-12-14-15)25-26(7,8)20(2,3)4/h1,10-14,16-19,22H,2-8H3/t16-,17+,18+,19+/m0/s1. The summed E-state index contributed by atoms with van der Waals surface area (Å²) in [6.07, 6.45) is 2.90. The number of terminal acetylenes is 1. The van der Waals surface area contributed by atoms with E-state index in [1.807, 2.05) is 44.2 Å². The van der Waals surface area contributed by atoms with Gasteiger partial charge in [-0.2, -0.15) is 0 Å². The molecule has 0 aliphatic carbocycles. The van der Waals surface area contributed by atoms with Crippen LogP contribution in [0, 0.1) is 12.3 Å². The summed E-state index contributed by atoms with van der Waals surface area (Å²) >= 11 is 0. The second-order valence-corrected chi connectivity index (χ2v) is 13.6. The van der Waals surface area contributed by atoms with Crippen LogP contribution in [0.3, 0.4) is 0 Å². The van der Waals surface area contributed by atoms with Crippen LogP contribution in [0.1, 0.15) is 46.3 Å². The highest BCUT2D eigenvalue weighted by molar-refractivity contribution is 6.74. The highest BCUT2D eigenvalue weighted by atomic mass is 28.4. The summed E-state index contributed by atoms with van der Waals surface area (Å²) in [5.74, 6) is 1.54. The highest BCUT2D eigenvalue weighted by Gasteiger charge is 2.51.